The van der Waals surface area contributed by atoms with Crippen LogP contribution in [0, 0.1) is 0 Å². The van der Waals surface area contributed by atoms with E-state index >= 15 is 0 Å². The highest BCUT2D eigenvalue weighted by atomic mass is 16.5. The van der Waals surface area contributed by atoms with Crippen LogP contribution >= 0.6 is 0 Å². The molecule has 100 valence electrons. The SMILES string of the molecule is CCNC(Cc1ccncc1)c1ccc(OC)cc1. The molecule has 0 saturated carbocycles. The summed E-state index contributed by atoms with van der Waals surface area (Å²) in [6, 6.07) is 12.7. The summed E-state index contributed by atoms with van der Waals surface area (Å²) in [5, 5.41) is 3.52. The number of ether oxygens (including phenoxy) is 1. The molecule has 3 nitrogen and oxygen atoms in total. The highest BCUT2D eigenvalue weighted by Crippen LogP contribution is 2.21. The van der Waals surface area contributed by atoms with Crippen LogP contribution in [0.4, 0.5) is 0 Å². The summed E-state index contributed by atoms with van der Waals surface area (Å²) in [5.41, 5.74) is 2.57. The van der Waals surface area contributed by atoms with Gasteiger partial charge in [-0.15, -0.1) is 0 Å². The number of nitrogens with zero attached hydrogens (tertiary/aromatic N) is 1. The van der Waals surface area contributed by atoms with Crippen LogP contribution in [0.3, 0.4) is 0 Å². The van der Waals surface area contributed by atoms with E-state index in [0.29, 0.717) is 6.04 Å². The molecule has 0 bridgehead atoms. The van der Waals surface area contributed by atoms with E-state index in [-0.39, 0.29) is 0 Å². The van der Waals surface area contributed by atoms with E-state index in [4.69, 9.17) is 4.74 Å². The number of nitrogens with one attached hydrogen (secondary N) is 1. The van der Waals surface area contributed by atoms with Crippen LogP contribution in [0.15, 0.2) is 48.8 Å². The summed E-state index contributed by atoms with van der Waals surface area (Å²) < 4.78 is 5.20. The smallest absolute Gasteiger partial charge is 0.118 e. The Morgan fingerprint density at radius 3 is 2.37 bits per heavy atom. The zero-order chi connectivity index (χ0) is 13.5. The summed E-state index contributed by atoms with van der Waals surface area (Å²) in [5.74, 6) is 0.892. The van der Waals surface area contributed by atoms with Gasteiger partial charge in [0, 0.05) is 18.4 Å². The molecule has 3 heteroatoms. The van der Waals surface area contributed by atoms with Gasteiger partial charge in [0.25, 0.3) is 0 Å². The molecule has 0 fully saturated rings. The van der Waals surface area contributed by atoms with E-state index in [1.165, 1.54) is 11.1 Å². The van der Waals surface area contributed by atoms with E-state index < -0.39 is 0 Å². The molecule has 2 aromatic rings. The second kappa shape index (κ2) is 6.90. The van der Waals surface area contributed by atoms with Crippen LogP contribution in [0.2, 0.25) is 0 Å². The first-order valence-electron chi connectivity index (χ1n) is 6.59. The first kappa shape index (κ1) is 13.6. The lowest BCUT2D eigenvalue weighted by molar-refractivity contribution is 0.414. The fourth-order valence-electron chi connectivity index (χ4n) is 2.15. The number of hydrogen-bond acceptors (Lipinski definition) is 3. The van der Waals surface area contributed by atoms with Crippen molar-refractivity contribution in [2.45, 2.75) is 19.4 Å². The lowest BCUT2D eigenvalue weighted by Crippen LogP contribution is -2.22. The third-order valence-corrected chi connectivity index (χ3v) is 3.16. The van der Waals surface area contributed by atoms with Crippen molar-refractivity contribution in [3.8, 4) is 5.75 Å². The molecular formula is C16H20N2O. The molecule has 1 aromatic heterocycles. The molecule has 0 aliphatic heterocycles. The lowest BCUT2D eigenvalue weighted by Gasteiger charge is -2.18. The van der Waals surface area contributed by atoms with Gasteiger partial charge in [-0.2, -0.15) is 0 Å². The quantitative estimate of drug-likeness (QED) is 0.862. The van der Waals surface area contributed by atoms with Crippen molar-refractivity contribution >= 4 is 0 Å². The lowest BCUT2D eigenvalue weighted by atomic mass is 9.99. The van der Waals surface area contributed by atoms with Gasteiger partial charge in [-0.3, -0.25) is 4.98 Å². The fourth-order valence-corrected chi connectivity index (χ4v) is 2.15. The van der Waals surface area contributed by atoms with Crippen LogP contribution in [-0.2, 0) is 6.42 Å². The van der Waals surface area contributed by atoms with Gasteiger partial charge in [-0.1, -0.05) is 19.1 Å². The molecule has 0 saturated heterocycles. The highest BCUT2D eigenvalue weighted by molar-refractivity contribution is 5.30. The van der Waals surface area contributed by atoms with Crippen molar-refractivity contribution in [2.75, 3.05) is 13.7 Å². The van der Waals surface area contributed by atoms with Gasteiger partial charge in [-0.05, 0) is 48.4 Å². The van der Waals surface area contributed by atoms with Crippen molar-refractivity contribution in [1.29, 1.82) is 0 Å². The first-order valence-corrected chi connectivity index (χ1v) is 6.59. The summed E-state index contributed by atoms with van der Waals surface area (Å²) >= 11 is 0. The molecule has 1 unspecified atom stereocenters. The van der Waals surface area contributed by atoms with Crippen molar-refractivity contribution in [3.05, 3.63) is 59.9 Å². The van der Waals surface area contributed by atoms with E-state index in [9.17, 15) is 0 Å². The van der Waals surface area contributed by atoms with Gasteiger partial charge in [0.15, 0.2) is 0 Å². The monoisotopic (exact) mass is 256 g/mol. The first-order chi connectivity index (χ1) is 9.33. The van der Waals surface area contributed by atoms with Gasteiger partial charge in [0.05, 0.1) is 7.11 Å². The predicted molar refractivity (Wildman–Crippen MR) is 77.4 cm³/mol. The van der Waals surface area contributed by atoms with Crippen LogP contribution in [0.25, 0.3) is 0 Å². The fraction of sp³-hybridized carbons (Fsp3) is 0.312. The second-order valence-corrected chi connectivity index (χ2v) is 4.44. The Balaban J connectivity index is 2.14. The van der Waals surface area contributed by atoms with Gasteiger partial charge in [0.2, 0.25) is 0 Å². The number of hydrogen-bond donors (Lipinski definition) is 1. The summed E-state index contributed by atoms with van der Waals surface area (Å²) in [7, 11) is 1.69. The molecule has 19 heavy (non-hydrogen) atoms. The van der Waals surface area contributed by atoms with E-state index in [0.717, 1.165) is 18.7 Å². The zero-order valence-electron chi connectivity index (χ0n) is 11.5. The Hall–Kier alpha value is -1.87. The molecule has 0 spiro atoms. The van der Waals surface area contributed by atoms with Gasteiger partial charge >= 0.3 is 0 Å². The Morgan fingerprint density at radius 1 is 1.11 bits per heavy atom. The third-order valence-electron chi connectivity index (χ3n) is 3.16. The number of benzene rings is 1. The Kier molecular flexibility index (Phi) is 4.93. The normalized spacial score (nSPS) is 12.1. The maximum Gasteiger partial charge on any atom is 0.118 e. The van der Waals surface area contributed by atoms with E-state index in [1.54, 1.807) is 7.11 Å². The Morgan fingerprint density at radius 2 is 1.79 bits per heavy atom. The minimum Gasteiger partial charge on any atom is -0.497 e. The highest BCUT2D eigenvalue weighted by Gasteiger charge is 2.11. The Bertz CT molecular complexity index is 482. The number of pyridine rings is 1. The third kappa shape index (κ3) is 3.80. The molecular weight excluding hydrogens is 236 g/mol. The molecule has 0 aliphatic carbocycles. The second-order valence-electron chi connectivity index (χ2n) is 4.44. The summed E-state index contributed by atoms with van der Waals surface area (Å²) in [4.78, 5) is 4.06. The topological polar surface area (TPSA) is 34.2 Å². The van der Waals surface area contributed by atoms with Crippen molar-refractivity contribution in [3.63, 3.8) is 0 Å². The largest absolute Gasteiger partial charge is 0.497 e. The molecule has 1 N–H and O–H groups in total. The standard InChI is InChI=1S/C16H20N2O/c1-3-18-16(12-13-8-10-17-11-9-13)14-4-6-15(19-2)7-5-14/h4-11,16,18H,3,12H2,1-2H3. The number of methoxy groups -OCH3 is 1. The molecule has 0 radical (unpaired) electrons. The number of rotatable bonds is 6. The molecule has 0 aliphatic rings. The average molecular weight is 256 g/mol. The number of likely N-dealkylation sites (N-methyl/N-ethyl adjacent to an activating group) is 1. The summed E-state index contributed by atoms with van der Waals surface area (Å²) in [6.45, 7) is 3.07. The van der Waals surface area contributed by atoms with Crippen LogP contribution in [0.5, 0.6) is 5.75 Å². The van der Waals surface area contributed by atoms with Gasteiger partial charge in [-0.25, -0.2) is 0 Å². The van der Waals surface area contributed by atoms with Gasteiger partial charge < -0.3 is 10.1 Å². The molecule has 0 amide bonds. The van der Waals surface area contributed by atoms with Gasteiger partial charge in [0.1, 0.15) is 5.75 Å². The van der Waals surface area contributed by atoms with E-state index in [2.05, 4.69) is 41.5 Å². The maximum absolute atomic E-state index is 5.20. The molecule has 2 rings (SSSR count). The van der Waals surface area contributed by atoms with E-state index in [1.807, 2.05) is 24.5 Å². The van der Waals surface area contributed by atoms with Crippen molar-refractivity contribution < 1.29 is 4.74 Å². The van der Waals surface area contributed by atoms with Crippen molar-refractivity contribution in [2.24, 2.45) is 0 Å². The minimum absolute atomic E-state index is 0.318. The Labute approximate surface area is 114 Å². The summed E-state index contributed by atoms with van der Waals surface area (Å²) in [6.07, 6.45) is 4.64. The zero-order valence-corrected chi connectivity index (χ0v) is 11.5. The molecule has 1 heterocycles. The van der Waals surface area contributed by atoms with Crippen LogP contribution < -0.4 is 10.1 Å². The maximum atomic E-state index is 5.20. The van der Waals surface area contributed by atoms with Crippen molar-refractivity contribution in [1.82, 2.24) is 10.3 Å². The number of aromatic nitrogens is 1. The molecule has 1 aromatic carbocycles. The predicted octanol–water partition coefficient (Wildman–Crippen LogP) is 2.98. The van der Waals surface area contributed by atoms with Crippen LogP contribution in [-0.4, -0.2) is 18.6 Å². The molecule has 1 atom stereocenters. The minimum atomic E-state index is 0.318. The average Bonchev–Trinajstić information content (AvgIpc) is 2.48. The van der Waals surface area contributed by atoms with Crippen LogP contribution in [0.1, 0.15) is 24.1 Å².